The van der Waals surface area contributed by atoms with Crippen molar-refractivity contribution in [3.63, 3.8) is 0 Å². The van der Waals surface area contributed by atoms with Crippen LogP contribution in [-0.2, 0) is 11.0 Å². The molecular formula is C13H17N3O2S. The fourth-order valence-electron chi connectivity index (χ4n) is 1.84. The lowest BCUT2D eigenvalue weighted by atomic mass is 10.1. The summed E-state index contributed by atoms with van der Waals surface area (Å²) in [7, 11) is -1.02. The zero-order valence-corrected chi connectivity index (χ0v) is 11.8. The zero-order valence-electron chi connectivity index (χ0n) is 11.0. The van der Waals surface area contributed by atoms with E-state index in [1.165, 1.54) is 0 Å². The van der Waals surface area contributed by atoms with Crippen LogP contribution in [0.4, 0.5) is 5.69 Å². The molecule has 2 rings (SSSR count). The number of aryl methyl sites for hydroxylation is 1. The van der Waals surface area contributed by atoms with Crippen molar-refractivity contribution in [2.24, 2.45) is 0 Å². The van der Waals surface area contributed by atoms with Gasteiger partial charge in [0.2, 0.25) is 0 Å². The fraction of sp³-hybridized carbons (Fsp3) is 0.308. The zero-order chi connectivity index (χ0) is 13.8. The van der Waals surface area contributed by atoms with Gasteiger partial charge in [0.25, 0.3) is 0 Å². The first-order valence-electron chi connectivity index (χ1n) is 5.93. The monoisotopic (exact) mass is 279 g/mol. The van der Waals surface area contributed by atoms with Gasteiger partial charge in [-0.3, -0.25) is 0 Å². The molecule has 19 heavy (non-hydrogen) atoms. The molecule has 0 aliphatic heterocycles. The van der Waals surface area contributed by atoms with Gasteiger partial charge >= 0.3 is 0 Å². The number of nitrogens with one attached hydrogen (secondary N) is 1. The Hall–Kier alpha value is -1.66. The highest BCUT2D eigenvalue weighted by Crippen LogP contribution is 2.28. The van der Waals surface area contributed by atoms with E-state index < -0.39 is 11.0 Å². The average Bonchev–Trinajstić information content (AvgIpc) is 2.34. The van der Waals surface area contributed by atoms with E-state index in [4.69, 9.17) is 10.5 Å². The Morgan fingerprint density at radius 3 is 3.00 bits per heavy atom. The first-order valence-corrected chi connectivity index (χ1v) is 7.49. The number of pyridine rings is 1. The SMILES string of the molecule is Cc1cc(N)c2cccc(OCCNS(C)=O)c2n1. The molecule has 1 unspecified atom stereocenters. The number of benzene rings is 1. The summed E-state index contributed by atoms with van der Waals surface area (Å²) in [4.78, 5) is 4.46. The maximum Gasteiger partial charge on any atom is 0.145 e. The highest BCUT2D eigenvalue weighted by Gasteiger charge is 2.07. The number of fused-ring (bicyclic) bond motifs is 1. The summed E-state index contributed by atoms with van der Waals surface area (Å²) in [6.45, 7) is 2.84. The first kappa shape index (κ1) is 13.8. The highest BCUT2D eigenvalue weighted by atomic mass is 32.2. The van der Waals surface area contributed by atoms with E-state index in [2.05, 4.69) is 9.71 Å². The van der Waals surface area contributed by atoms with Gasteiger partial charge in [0.1, 0.15) is 17.9 Å². The van der Waals surface area contributed by atoms with Gasteiger partial charge in [-0.15, -0.1) is 0 Å². The molecule has 0 fully saturated rings. The summed E-state index contributed by atoms with van der Waals surface area (Å²) in [5.41, 5.74) is 8.28. The van der Waals surface area contributed by atoms with Crippen LogP contribution in [0.1, 0.15) is 5.69 Å². The van der Waals surface area contributed by atoms with Crippen LogP contribution in [-0.4, -0.2) is 28.6 Å². The van der Waals surface area contributed by atoms with Crippen molar-refractivity contribution in [2.45, 2.75) is 6.92 Å². The molecule has 0 aliphatic carbocycles. The van der Waals surface area contributed by atoms with Crippen LogP contribution in [0, 0.1) is 6.92 Å². The number of hydrogen-bond acceptors (Lipinski definition) is 4. The van der Waals surface area contributed by atoms with Crippen molar-refractivity contribution >= 4 is 27.6 Å². The number of para-hydroxylation sites is 1. The van der Waals surface area contributed by atoms with Crippen molar-refractivity contribution in [2.75, 3.05) is 25.1 Å². The summed E-state index contributed by atoms with van der Waals surface area (Å²) < 4.78 is 19.3. The van der Waals surface area contributed by atoms with Gasteiger partial charge in [-0.25, -0.2) is 13.9 Å². The molecule has 0 spiro atoms. The number of nitrogens with two attached hydrogens (primary N) is 1. The third-order valence-corrected chi connectivity index (χ3v) is 3.24. The molecule has 6 heteroatoms. The van der Waals surface area contributed by atoms with E-state index in [1.54, 1.807) is 6.26 Å². The van der Waals surface area contributed by atoms with Crippen molar-refractivity contribution in [1.82, 2.24) is 9.71 Å². The topological polar surface area (TPSA) is 77.2 Å². The Kier molecular flexibility index (Phi) is 4.34. The van der Waals surface area contributed by atoms with Gasteiger partial charge in [0.05, 0.1) is 11.0 Å². The molecular weight excluding hydrogens is 262 g/mol. The second-order valence-corrected chi connectivity index (χ2v) is 5.40. The van der Waals surface area contributed by atoms with Gasteiger partial charge in [-0.05, 0) is 19.1 Å². The van der Waals surface area contributed by atoms with Crippen LogP contribution >= 0.6 is 0 Å². The van der Waals surface area contributed by atoms with Crippen molar-refractivity contribution < 1.29 is 8.95 Å². The minimum absolute atomic E-state index is 0.425. The molecule has 1 heterocycles. The Morgan fingerprint density at radius 2 is 2.26 bits per heavy atom. The van der Waals surface area contributed by atoms with Gasteiger partial charge in [-0.1, -0.05) is 12.1 Å². The molecule has 0 amide bonds. The Labute approximate surface area is 114 Å². The fourth-order valence-corrected chi connectivity index (χ4v) is 2.22. The smallest absolute Gasteiger partial charge is 0.145 e. The third-order valence-electron chi connectivity index (χ3n) is 2.63. The molecule has 0 aliphatic rings. The van der Waals surface area contributed by atoms with Gasteiger partial charge in [-0.2, -0.15) is 0 Å². The van der Waals surface area contributed by atoms with Crippen LogP contribution in [0.3, 0.4) is 0 Å². The molecule has 2 aromatic rings. The van der Waals surface area contributed by atoms with E-state index in [1.807, 2.05) is 31.2 Å². The summed E-state index contributed by atoms with van der Waals surface area (Å²) in [6.07, 6.45) is 1.59. The van der Waals surface area contributed by atoms with Crippen LogP contribution in [0.2, 0.25) is 0 Å². The molecule has 1 atom stereocenters. The van der Waals surface area contributed by atoms with E-state index >= 15 is 0 Å². The second-order valence-electron chi connectivity index (χ2n) is 4.20. The summed E-state index contributed by atoms with van der Waals surface area (Å²) in [5.74, 6) is 0.691. The molecule has 0 saturated heterocycles. The number of aromatic nitrogens is 1. The number of anilines is 1. The maximum absolute atomic E-state index is 10.9. The van der Waals surface area contributed by atoms with Crippen LogP contribution in [0.5, 0.6) is 5.75 Å². The average molecular weight is 279 g/mol. The van der Waals surface area contributed by atoms with E-state index in [0.29, 0.717) is 24.6 Å². The first-order chi connectivity index (χ1) is 9.08. The van der Waals surface area contributed by atoms with Gasteiger partial charge in [0.15, 0.2) is 0 Å². The molecule has 1 aromatic carbocycles. The lowest BCUT2D eigenvalue weighted by molar-refractivity contribution is 0.327. The molecule has 1 aromatic heterocycles. The van der Waals surface area contributed by atoms with Crippen molar-refractivity contribution in [3.8, 4) is 5.75 Å². The number of nitrogens with zero attached hydrogens (tertiary/aromatic N) is 1. The maximum atomic E-state index is 10.9. The van der Waals surface area contributed by atoms with Crippen molar-refractivity contribution in [1.29, 1.82) is 0 Å². The minimum atomic E-state index is -1.02. The van der Waals surface area contributed by atoms with E-state index in [0.717, 1.165) is 16.6 Å². The standard InChI is InChI=1S/C13H17N3O2S/c1-9-8-11(14)10-4-3-5-12(13(10)16-9)18-7-6-15-19(2)17/h3-5,8,15H,6-7H2,1-2H3,(H2,14,16). The molecule has 5 nitrogen and oxygen atoms in total. The summed E-state index contributed by atoms with van der Waals surface area (Å²) >= 11 is 0. The van der Waals surface area contributed by atoms with Crippen LogP contribution in [0.25, 0.3) is 10.9 Å². The van der Waals surface area contributed by atoms with Crippen molar-refractivity contribution in [3.05, 3.63) is 30.0 Å². The third kappa shape index (κ3) is 3.42. The minimum Gasteiger partial charge on any atom is -0.490 e. The van der Waals surface area contributed by atoms with Gasteiger partial charge < -0.3 is 10.5 Å². The van der Waals surface area contributed by atoms with E-state index in [9.17, 15) is 4.21 Å². The lowest BCUT2D eigenvalue weighted by Crippen LogP contribution is -2.22. The predicted molar refractivity (Wildman–Crippen MR) is 78.5 cm³/mol. The normalized spacial score (nSPS) is 12.5. The highest BCUT2D eigenvalue weighted by molar-refractivity contribution is 7.82. The van der Waals surface area contributed by atoms with Crippen LogP contribution < -0.4 is 15.2 Å². The second kappa shape index (κ2) is 5.99. The molecule has 102 valence electrons. The number of hydrogen-bond donors (Lipinski definition) is 2. The predicted octanol–water partition coefficient (Wildman–Crippen LogP) is 1.39. The Balaban J connectivity index is 2.21. The number of rotatable bonds is 5. The molecule has 0 bridgehead atoms. The molecule has 0 radical (unpaired) electrons. The van der Waals surface area contributed by atoms with Crippen LogP contribution in [0.15, 0.2) is 24.3 Å². The molecule has 0 saturated carbocycles. The Morgan fingerprint density at radius 1 is 1.47 bits per heavy atom. The van der Waals surface area contributed by atoms with Gasteiger partial charge in [0, 0.05) is 29.6 Å². The molecule has 3 N–H and O–H groups in total. The number of ether oxygens (including phenoxy) is 1. The largest absolute Gasteiger partial charge is 0.490 e. The number of nitrogen functional groups attached to an aromatic ring is 1. The Bertz CT molecular complexity index is 616. The quantitative estimate of drug-likeness (QED) is 0.811. The van der Waals surface area contributed by atoms with E-state index in [-0.39, 0.29) is 0 Å². The summed E-state index contributed by atoms with van der Waals surface area (Å²) in [6, 6.07) is 7.50. The summed E-state index contributed by atoms with van der Waals surface area (Å²) in [5, 5.41) is 0.884. The lowest BCUT2D eigenvalue weighted by Gasteiger charge is -2.10.